The minimum atomic E-state index is 0.233. The second-order valence-corrected chi connectivity index (χ2v) is 7.81. The van der Waals surface area contributed by atoms with Gasteiger partial charge < -0.3 is 15.0 Å². The van der Waals surface area contributed by atoms with Crippen LogP contribution in [0.4, 0.5) is 5.69 Å². The Hall–Kier alpha value is -3.94. The predicted molar refractivity (Wildman–Crippen MR) is 121 cm³/mol. The first kappa shape index (κ1) is 20.0. The summed E-state index contributed by atoms with van der Waals surface area (Å²) in [6.45, 7) is 2.08. The number of likely N-dealkylation sites (tertiary alicyclic amines) is 1. The lowest BCUT2D eigenvalue weighted by Gasteiger charge is -2.18. The van der Waals surface area contributed by atoms with E-state index in [-0.39, 0.29) is 5.91 Å². The molecule has 4 aromatic rings. The van der Waals surface area contributed by atoms with Gasteiger partial charge >= 0.3 is 0 Å². The van der Waals surface area contributed by atoms with Gasteiger partial charge in [0.2, 0.25) is 11.6 Å². The zero-order valence-electron chi connectivity index (χ0n) is 17.9. The fraction of sp³-hybridized carbons (Fsp3) is 0.250. The molecule has 32 heavy (non-hydrogen) atoms. The van der Waals surface area contributed by atoms with Gasteiger partial charge in [0.25, 0.3) is 0 Å². The van der Waals surface area contributed by atoms with Gasteiger partial charge in [0.05, 0.1) is 18.5 Å². The molecule has 2 aromatic carbocycles. The normalized spacial score (nSPS) is 13.7. The lowest BCUT2D eigenvalue weighted by molar-refractivity contribution is -0.128. The highest BCUT2D eigenvalue weighted by molar-refractivity contribution is 5.78. The molecule has 1 amide bonds. The monoisotopic (exact) mass is 428 g/mol. The van der Waals surface area contributed by atoms with Crippen LogP contribution < -0.4 is 10.1 Å². The van der Waals surface area contributed by atoms with Gasteiger partial charge in [0.1, 0.15) is 12.1 Å². The number of carbonyl (C=O) groups excluding carboxylic acids is 1. The molecule has 1 saturated heterocycles. The minimum Gasteiger partial charge on any atom is -0.497 e. The quantitative estimate of drug-likeness (QED) is 0.485. The Kier molecular flexibility index (Phi) is 5.41. The summed E-state index contributed by atoms with van der Waals surface area (Å²) in [4.78, 5) is 14.0. The molecule has 1 N–H and O–H groups in total. The fourth-order valence-electron chi connectivity index (χ4n) is 4.01. The van der Waals surface area contributed by atoms with Gasteiger partial charge in [0, 0.05) is 31.6 Å². The van der Waals surface area contributed by atoms with E-state index in [1.807, 2.05) is 47.4 Å². The fourth-order valence-corrected chi connectivity index (χ4v) is 4.01. The third-order valence-corrected chi connectivity index (χ3v) is 5.77. The van der Waals surface area contributed by atoms with Crippen molar-refractivity contribution in [3.05, 3.63) is 72.1 Å². The van der Waals surface area contributed by atoms with Crippen LogP contribution in [0, 0.1) is 0 Å². The highest BCUT2D eigenvalue weighted by atomic mass is 16.5. The second kappa shape index (κ2) is 8.66. The Balaban J connectivity index is 1.41. The smallest absolute Gasteiger partial charge is 0.222 e. The molecule has 1 fully saturated rings. The van der Waals surface area contributed by atoms with Crippen molar-refractivity contribution in [3.63, 3.8) is 0 Å². The van der Waals surface area contributed by atoms with E-state index >= 15 is 0 Å². The van der Waals surface area contributed by atoms with Crippen LogP contribution in [-0.2, 0) is 17.9 Å². The molecule has 2 aromatic heterocycles. The maximum atomic E-state index is 12.1. The first-order chi connectivity index (χ1) is 15.7. The number of methoxy groups -OCH3 is 1. The Labute approximate surface area is 185 Å². The predicted octanol–water partition coefficient (Wildman–Crippen LogP) is 3.53. The topological polar surface area (TPSA) is 84.6 Å². The van der Waals surface area contributed by atoms with E-state index in [1.165, 1.54) is 0 Å². The van der Waals surface area contributed by atoms with E-state index in [4.69, 9.17) is 4.74 Å². The molecular weight excluding hydrogens is 404 g/mol. The Morgan fingerprint density at radius 3 is 2.66 bits per heavy atom. The Morgan fingerprint density at radius 2 is 1.91 bits per heavy atom. The highest BCUT2D eigenvalue weighted by Gasteiger charge is 2.21. The van der Waals surface area contributed by atoms with Crippen LogP contribution in [0.25, 0.3) is 16.9 Å². The van der Waals surface area contributed by atoms with Crippen molar-refractivity contribution in [1.82, 2.24) is 24.7 Å². The Bertz CT molecular complexity index is 1250. The molecule has 8 nitrogen and oxygen atoms in total. The summed E-state index contributed by atoms with van der Waals surface area (Å²) < 4.78 is 6.93. The average Bonchev–Trinajstić information content (AvgIpc) is 3.47. The number of benzene rings is 2. The zero-order valence-corrected chi connectivity index (χ0v) is 17.9. The molecule has 8 heteroatoms. The molecule has 1 aliphatic heterocycles. The number of amides is 1. The number of nitrogens with zero attached hydrogens (tertiary/aromatic N) is 5. The van der Waals surface area contributed by atoms with Gasteiger partial charge in [0.15, 0.2) is 0 Å². The lowest BCUT2D eigenvalue weighted by atomic mass is 10.1. The molecule has 0 unspecified atom stereocenters. The van der Waals surface area contributed by atoms with Gasteiger partial charge in [-0.25, -0.2) is 0 Å². The van der Waals surface area contributed by atoms with Crippen LogP contribution in [-0.4, -0.2) is 44.3 Å². The Morgan fingerprint density at radius 1 is 1.09 bits per heavy atom. The number of nitrogens with one attached hydrogen (secondary N) is 1. The van der Waals surface area contributed by atoms with E-state index in [2.05, 4.69) is 32.7 Å². The number of hydrogen-bond donors (Lipinski definition) is 1. The zero-order chi connectivity index (χ0) is 21.9. The number of rotatable bonds is 7. The molecular formula is C24H24N6O2. The van der Waals surface area contributed by atoms with Gasteiger partial charge in [-0.2, -0.15) is 9.61 Å². The summed E-state index contributed by atoms with van der Waals surface area (Å²) in [5.74, 6) is 1.03. The number of anilines is 1. The van der Waals surface area contributed by atoms with Crippen LogP contribution in [0.1, 0.15) is 24.0 Å². The molecule has 5 rings (SSSR count). The van der Waals surface area contributed by atoms with E-state index in [0.717, 1.165) is 46.8 Å². The van der Waals surface area contributed by atoms with E-state index < -0.39 is 0 Å². The van der Waals surface area contributed by atoms with Crippen molar-refractivity contribution in [2.45, 2.75) is 25.9 Å². The molecule has 1 aliphatic rings. The van der Waals surface area contributed by atoms with Crippen molar-refractivity contribution in [3.8, 4) is 17.0 Å². The molecule has 0 saturated carbocycles. The van der Waals surface area contributed by atoms with Crippen LogP contribution in [0.3, 0.4) is 0 Å². The summed E-state index contributed by atoms with van der Waals surface area (Å²) in [5.41, 5.74) is 5.57. The van der Waals surface area contributed by atoms with Gasteiger partial charge in [-0.3, -0.25) is 4.79 Å². The third kappa shape index (κ3) is 3.99. The summed E-state index contributed by atoms with van der Waals surface area (Å²) in [6.07, 6.45) is 3.19. The summed E-state index contributed by atoms with van der Waals surface area (Å²) in [5, 5.41) is 16.4. The molecule has 0 radical (unpaired) electrons. The average molecular weight is 428 g/mol. The van der Waals surface area contributed by atoms with Crippen LogP contribution in [0.2, 0.25) is 0 Å². The summed E-state index contributed by atoms with van der Waals surface area (Å²) in [7, 11) is 1.65. The summed E-state index contributed by atoms with van der Waals surface area (Å²) in [6, 6.07) is 18.0. The van der Waals surface area contributed by atoms with E-state index in [1.54, 1.807) is 18.0 Å². The number of aromatic nitrogens is 4. The van der Waals surface area contributed by atoms with Crippen LogP contribution >= 0.6 is 0 Å². The largest absolute Gasteiger partial charge is 0.497 e. The molecule has 0 spiro atoms. The van der Waals surface area contributed by atoms with Crippen molar-refractivity contribution in [1.29, 1.82) is 0 Å². The molecule has 0 aliphatic carbocycles. The first-order valence-electron chi connectivity index (χ1n) is 10.7. The van der Waals surface area contributed by atoms with Gasteiger partial charge in [-0.05, 0) is 47.9 Å². The number of fused-ring (bicyclic) bond motifs is 1. The van der Waals surface area contributed by atoms with Crippen LogP contribution in [0.15, 0.2) is 60.9 Å². The number of ether oxygens (including phenoxy) is 1. The van der Waals surface area contributed by atoms with Crippen molar-refractivity contribution in [2.75, 3.05) is 19.0 Å². The van der Waals surface area contributed by atoms with Gasteiger partial charge in [-0.1, -0.05) is 24.3 Å². The first-order valence-corrected chi connectivity index (χ1v) is 10.7. The van der Waals surface area contributed by atoms with Crippen molar-refractivity contribution in [2.24, 2.45) is 0 Å². The second-order valence-electron chi connectivity index (χ2n) is 7.81. The van der Waals surface area contributed by atoms with E-state index in [0.29, 0.717) is 25.2 Å². The standard InChI is InChI=1S/C24H24N6O2/c1-32-20-10-8-17(9-11-20)21-13-22(24-27-26-16-30(24)28-21)25-14-18-5-2-3-6-19(18)15-29-12-4-7-23(29)31/h2-3,5-6,8-11,13,16,25H,4,7,12,14-15H2,1H3. The SMILES string of the molecule is COc1ccc(-c2cc(NCc3ccccc3CN3CCCC3=O)c3nncn3n2)cc1. The molecule has 0 bridgehead atoms. The number of hydrogen-bond acceptors (Lipinski definition) is 6. The number of carbonyl (C=O) groups is 1. The van der Waals surface area contributed by atoms with Crippen LogP contribution in [0.5, 0.6) is 5.75 Å². The van der Waals surface area contributed by atoms with Crippen molar-refractivity contribution < 1.29 is 9.53 Å². The maximum Gasteiger partial charge on any atom is 0.222 e. The van der Waals surface area contributed by atoms with E-state index in [9.17, 15) is 4.79 Å². The molecule has 0 atom stereocenters. The highest BCUT2D eigenvalue weighted by Crippen LogP contribution is 2.26. The maximum absolute atomic E-state index is 12.1. The summed E-state index contributed by atoms with van der Waals surface area (Å²) >= 11 is 0. The molecule has 3 heterocycles. The third-order valence-electron chi connectivity index (χ3n) is 5.77. The van der Waals surface area contributed by atoms with Gasteiger partial charge in [-0.15, -0.1) is 10.2 Å². The van der Waals surface area contributed by atoms with Crippen molar-refractivity contribution >= 4 is 17.2 Å². The lowest BCUT2D eigenvalue weighted by Crippen LogP contribution is -2.24. The molecule has 162 valence electrons. The minimum absolute atomic E-state index is 0.233.